The van der Waals surface area contributed by atoms with Crippen molar-refractivity contribution in [2.24, 2.45) is 11.8 Å². The van der Waals surface area contributed by atoms with Gasteiger partial charge in [-0.05, 0) is 37.0 Å². The molecule has 1 aromatic carbocycles. The molecule has 0 atom stereocenters. The van der Waals surface area contributed by atoms with Crippen LogP contribution in [-0.4, -0.2) is 20.2 Å². The van der Waals surface area contributed by atoms with Gasteiger partial charge in [0, 0.05) is 36.0 Å². The van der Waals surface area contributed by atoms with Gasteiger partial charge in [0.15, 0.2) is 0 Å². The monoisotopic (exact) mass is 300 g/mol. The predicted molar refractivity (Wildman–Crippen MR) is 94.1 cm³/mol. The highest BCUT2D eigenvalue weighted by Gasteiger charge is 2.13. The number of hydrogen-bond acceptors (Lipinski definition) is 3. The van der Waals surface area contributed by atoms with Gasteiger partial charge in [-0.15, -0.1) is 0 Å². The first-order valence-corrected chi connectivity index (χ1v) is 7.88. The van der Waals surface area contributed by atoms with Gasteiger partial charge < -0.3 is 9.64 Å². The molecule has 0 saturated carbocycles. The molecule has 0 N–H and O–H groups in total. The first-order valence-electron chi connectivity index (χ1n) is 7.88. The van der Waals surface area contributed by atoms with Gasteiger partial charge in [-0.3, -0.25) is 0 Å². The largest absolute Gasteiger partial charge is 0.496 e. The zero-order chi connectivity index (χ0) is 16.7. The summed E-state index contributed by atoms with van der Waals surface area (Å²) < 4.78 is 5.51. The second-order valence-corrected chi connectivity index (χ2v) is 6.56. The van der Waals surface area contributed by atoms with Crippen molar-refractivity contribution in [3.63, 3.8) is 0 Å². The van der Waals surface area contributed by atoms with Gasteiger partial charge in [0.05, 0.1) is 13.2 Å². The van der Waals surface area contributed by atoms with E-state index in [2.05, 4.69) is 50.8 Å². The van der Waals surface area contributed by atoms with E-state index in [0.717, 1.165) is 24.4 Å². The molecule has 0 amide bonds. The molecule has 120 valence electrons. The normalized spacial score (nSPS) is 11.7. The highest BCUT2D eigenvalue weighted by molar-refractivity contribution is 5.66. The topological polar surface area (TPSA) is 36.3 Å². The number of nitrogens with zero attached hydrogens (tertiary/aromatic N) is 2. The summed E-state index contributed by atoms with van der Waals surface area (Å²) in [6.45, 7) is 12.8. The zero-order valence-electron chi connectivity index (χ0n) is 14.7. The summed E-state index contributed by atoms with van der Waals surface area (Å²) >= 11 is 0. The molecule has 0 aliphatic heterocycles. The van der Waals surface area contributed by atoms with Crippen molar-refractivity contribution >= 4 is 11.8 Å². The van der Waals surface area contributed by atoms with Crippen LogP contribution in [0.4, 0.5) is 5.69 Å². The predicted octanol–water partition coefficient (Wildman–Crippen LogP) is 4.74. The molecule has 3 nitrogen and oxygen atoms in total. The van der Waals surface area contributed by atoms with E-state index in [1.807, 2.05) is 12.1 Å². The fraction of sp³-hybridized carbons (Fsp3) is 0.526. The fourth-order valence-corrected chi connectivity index (χ4v) is 2.45. The minimum absolute atomic E-state index is 0.602. The Morgan fingerprint density at radius 1 is 1.23 bits per heavy atom. The van der Waals surface area contributed by atoms with Crippen molar-refractivity contribution < 1.29 is 4.74 Å². The highest BCUT2D eigenvalue weighted by Crippen LogP contribution is 2.28. The molecule has 0 radical (unpaired) electrons. The second kappa shape index (κ2) is 8.48. The molecule has 0 fully saturated rings. The lowest BCUT2D eigenvalue weighted by Gasteiger charge is -2.29. The van der Waals surface area contributed by atoms with E-state index in [1.165, 1.54) is 5.69 Å². The number of allylic oxidation sites excluding steroid dienone is 1. The Balaban J connectivity index is 3.15. The van der Waals surface area contributed by atoms with E-state index >= 15 is 0 Å². The average molecular weight is 300 g/mol. The molecule has 0 spiro atoms. The van der Waals surface area contributed by atoms with Gasteiger partial charge in [0.1, 0.15) is 5.75 Å². The molecule has 0 heterocycles. The van der Waals surface area contributed by atoms with Crippen molar-refractivity contribution in [3.05, 3.63) is 29.3 Å². The van der Waals surface area contributed by atoms with E-state index in [-0.39, 0.29) is 0 Å². The van der Waals surface area contributed by atoms with Crippen LogP contribution in [0.3, 0.4) is 0 Å². The third-order valence-electron chi connectivity index (χ3n) is 3.30. The summed E-state index contributed by atoms with van der Waals surface area (Å²) in [5.41, 5.74) is 2.79. The van der Waals surface area contributed by atoms with E-state index in [0.29, 0.717) is 17.4 Å². The maximum absolute atomic E-state index is 8.93. The minimum atomic E-state index is 0.602. The van der Waals surface area contributed by atoms with Crippen LogP contribution in [-0.2, 0) is 0 Å². The lowest BCUT2D eigenvalue weighted by molar-refractivity contribution is 0.413. The third kappa shape index (κ3) is 5.44. The maximum atomic E-state index is 8.93. The van der Waals surface area contributed by atoms with E-state index in [1.54, 1.807) is 14.0 Å². The van der Waals surface area contributed by atoms with Crippen LogP contribution < -0.4 is 9.64 Å². The number of hydrogen-bond donors (Lipinski definition) is 0. The SMILES string of the molecule is COc1cc(N(CC(C)C)CC(C)C)ccc1/C=C(/C)C#N. The lowest BCUT2D eigenvalue weighted by Crippen LogP contribution is -2.31. The van der Waals surface area contributed by atoms with Crippen LogP contribution in [0.5, 0.6) is 5.75 Å². The van der Waals surface area contributed by atoms with Gasteiger partial charge in [-0.25, -0.2) is 0 Å². The molecule has 3 heteroatoms. The molecule has 0 bridgehead atoms. The smallest absolute Gasteiger partial charge is 0.128 e. The molecule has 0 aliphatic carbocycles. The van der Waals surface area contributed by atoms with Crippen LogP contribution in [0.25, 0.3) is 6.08 Å². The molecule has 0 unspecified atom stereocenters. The number of ether oxygens (including phenoxy) is 1. The lowest BCUT2D eigenvalue weighted by atomic mass is 10.1. The first kappa shape index (κ1) is 18.1. The fourth-order valence-electron chi connectivity index (χ4n) is 2.45. The summed E-state index contributed by atoms with van der Waals surface area (Å²) in [7, 11) is 1.67. The van der Waals surface area contributed by atoms with Crippen LogP contribution in [0, 0.1) is 23.2 Å². The molecule has 0 saturated heterocycles. The molecular formula is C19H28N2O. The Morgan fingerprint density at radius 2 is 1.82 bits per heavy atom. The van der Waals surface area contributed by atoms with Crippen LogP contribution in [0.2, 0.25) is 0 Å². The number of anilines is 1. The Kier molecular flexibility index (Phi) is 6.98. The van der Waals surface area contributed by atoms with E-state index < -0.39 is 0 Å². The Labute approximate surface area is 135 Å². The van der Waals surface area contributed by atoms with E-state index in [9.17, 15) is 0 Å². The van der Waals surface area contributed by atoms with Crippen LogP contribution in [0.1, 0.15) is 40.2 Å². The van der Waals surface area contributed by atoms with Crippen LogP contribution >= 0.6 is 0 Å². The molecular weight excluding hydrogens is 272 g/mol. The van der Waals surface area contributed by atoms with Crippen molar-refractivity contribution in [1.29, 1.82) is 5.26 Å². The van der Waals surface area contributed by atoms with Crippen LogP contribution in [0.15, 0.2) is 23.8 Å². The minimum Gasteiger partial charge on any atom is -0.496 e. The van der Waals surface area contributed by atoms with Gasteiger partial charge in [0.2, 0.25) is 0 Å². The zero-order valence-corrected chi connectivity index (χ0v) is 14.7. The van der Waals surface area contributed by atoms with Gasteiger partial charge in [0.25, 0.3) is 0 Å². The number of nitriles is 1. The Bertz CT molecular complexity index is 543. The van der Waals surface area contributed by atoms with Gasteiger partial charge >= 0.3 is 0 Å². The quantitative estimate of drug-likeness (QED) is 0.682. The summed E-state index contributed by atoms with van der Waals surface area (Å²) in [4.78, 5) is 2.41. The van der Waals surface area contributed by atoms with Crippen molar-refractivity contribution in [1.82, 2.24) is 0 Å². The van der Waals surface area contributed by atoms with Crippen molar-refractivity contribution in [2.75, 3.05) is 25.1 Å². The standard InChI is InChI=1S/C19H28N2O/c1-14(2)12-21(13-15(3)4)18-8-7-17(9-16(5)11-20)19(10-18)22-6/h7-10,14-15H,12-13H2,1-6H3/b16-9-. The van der Waals surface area contributed by atoms with Gasteiger partial charge in [-0.1, -0.05) is 27.7 Å². The molecule has 1 rings (SSSR count). The summed E-state index contributed by atoms with van der Waals surface area (Å²) in [5, 5.41) is 8.93. The van der Waals surface area contributed by atoms with E-state index in [4.69, 9.17) is 10.00 Å². The number of methoxy groups -OCH3 is 1. The number of rotatable bonds is 7. The highest BCUT2D eigenvalue weighted by atomic mass is 16.5. The maximum Gasteiger partial charge on any atom is 0.128 e. The molecule has 1 aromatic rings. The van der Waals surface area contributed by atoms with Gasteiger partial charge in [-0.2, -0.15) is 5.26 Å². The Morgan fingerprint density at radius 3 is 2.27 bits per heavy atom. The molecule has 0 aliphatic rings. The first-order chi connectivity index (χ1) is 10.4. The average Bonchev–Trinajstić information content (AvgIpc) is 2.45. The molecule has 22 heavy (non-hydrogen) atoms. The summed E-state index contributed by atoms with van der Waals surface area (Å²) in [6, 6.07) is 8.37. The van der Waals surface area contributed by atoms with Crippen molar-refractivity contribution in [3.8, 4) is 11.8 Å². The van der Waals surface area contributed by atoms with Crippen molar-refractivity contribution in [2.45, 2.75) is 34.6 Å². The Hall–Kier alpha value is -1.95. The second-order valence-electron chi connectivity index (χ2n) is 6.56. The molecule has 0 aromatic heterocycles. The third-order valence-corrected chi connectivity index (χ3v) is 3.30. The summed E-state index contributed by atoms with van der Waals surface area (Å²) in [6.07, 6.45) is 1.86. The summed E-state index contributed by atoms with van der Waals surface area (Å²) in [5.74, 6) is 2.01. The number of benzene rings is 1.